The first-order valence-corrected chi connectivity index (χ1v) is 8.22. The molecule has 0 radical (unpaired) electrons. The van der Waals surface area contributed by atoms with Crippen molar-refractivity contribution in [3.05, 3.63) is 89.9 Å². The van der Waals surface area contributed by atoms with E-state index < -0.39 is 0 Å². The van der Waals surface area contributed by atoms with Crippen molar-refractivity contribution in [1.82, 2.24) is 4.90 Å². The SMILES string of the molecule is CN(Cc1ccco1)C(=O)COc1ccc(C(=O)c2ccccc2)cc1. The Labute approximate surface area is 151 Å². The number of hydrogen-bond acceptors (Lipinski definition) is 4. The molecule has 0 aliphatic carbocycles. The molecule has 0 aliphatic rings. The van der Waals surface area contributed by atoms with E-state index >= 15 is 0 Å². The molecule has 5 nitrogen and oxygen atoms in total. The van der Waals surface area contributed by atoms with Crippen LogP contribution in [0.25, 0.3) is 0 Å². The number of nitrogens with zero attached hydrogens (tertiary/aromatic N) is 1. The van der Waals surface area contributed by atoms with Crippen molar-refractivity contribution in [1.29, 1.82) is 0 Å². The zero-order valence-corrected chi connectivity index (χ0v) is 14.4. The van der Waals surface area contributed by atoms with Gasteiger partial charge in [0.1, 0.15) is 11.5 Å². The molecule has 1 amide bonds. The monoisotopic (exact) mass is 349 g/mol. The summed E-state index contributed by atoms with van der Waals surface area (Å²) in [6.07, 6.45) is 1.57. The molecule has 2 aromatic carbocycles. The smallest absolute Gasteiger partial charge is 0.260 e. The normalized spacial score (nSPS) is 10.3. The Balaban J connectivity index is 1.54. The molecule has 0 saturated carbocycles. The highest BCUT2D eigenvalue weighted by Crippen LogP contribution is 2.16. The van der Waals surface area contributed by atoms with Gasteiger partial charge in [0, 0.05) is 18.2 Å². The summed E-state index contributed by atoms with van der Waals surface area (Å²) in [6.45, 7) is 0.308. The molecule has 26 heavy (non-hydrogen) atoms. The van der Waals surface area contributed by atoms with Crippen molar-refractivity contribution in [2.24, 2.45) is 0 Å². The summed E-state index contributed by atoms with van der Waals surface area (Å²) in [6, 6.07) is 19.4. The number of furan rings is 1. The van der Waals surface area contributed by atoms with E-state index in [2.05, 4.69) is 0 Å². The summed E-state index contributed by atoms with van der Waals surface area (Å²) in [5.74, 6) is 1.04. The zero-order chi connectivity index (χ0) is 18.4. The van der Waals surface area contributed by atoms with Gasteiger partial charge in [-0.25, -0.2) is 0 Å². The van der Waals surface area contributed by atoms with Crippen LogP contribution in [0.5, 0.6) is 5.75 Å². The van der Waals surface area contributed by atoms with E-state index in [0.717, 1.165) is 0 Å². The summed E-state index contributed by atoms with van der Waals surface area (Å²) in [7, 11) is 1.69. The maximum atomic E-state index is 12.4. The molecule has 0 atom stereocenters. The van der Waals surface area contributed by atoms with E-state index in [1.54, 1.807) is 55.8 Å². The highest BCUT2D eigenvalue weighted by atomic mass is 16.5. The lowest BCUT2D eigenvalue weighted by molar-refractivity contribution is -0.132. The van der Waals surface area contributed by atoms with Crippen molar-refractivity contribution >= 4 is 11.7 Å². The Morgan fingerprint density at radius 2 is 1.62 bits per heavy atom. The van der Waals surface area contributed by atoms with Gasteiger partial charge >= 0.3 is 0 Å². The molecular formula is C21H19NO4. The van der Waals surface area contributed by atoms with E-state index in [1.165, 1.54) is 4.90 Å². The van der Waals surface area contributed by atoms with Gasteiger partial charge in [-0.05, 0) is 36.4 Å². The van der Waals surface area contributed by atoms with Gasteiger partial charge in [-0.1, -0.05) is 30.3 Å². The number of amides is 1. The minimum Gasteiger partial charge on any atom is -0.484 e. The quantitative estimate of drug-likeness (QED) is 0.612. The Morgan fingerprint density at radius 3 is 2.27 bits per heavy atom. The van der Waals surface area contributed by atoms with E-state index in [1.807, 2.05) is 24.3 Å². The highest BCUT2D eigenvalue weighted by Gasteiger charge is 2.12. The predicted octanol–water partition coefficient (Wildman–Crippen LogP) is 3.55. The molecule has 0 saturated heterocycles. The molecular weight excluding hydrogens is 330 g/mol. The van der Waals surface area contributed by atoms with Gasteiger partial charge in [0.25, 0.3) is 5.91 Å². The van der Waals surface area contributed by atoms with E-state index in [4.69, 9.17) is 9.15 Å². The van der Waals surface area contributed by atoms with Crippen LogP contribution >= 0.6 is 0 Å². The van der Waals surface area contributed by atoms with Crippen LogP contribution in [-0.2, 0) is 11.3 Å². The predicted molar refractivity (Wildman–Crippen MR) is 97.0 cm³/mol. The van der Waals surface area contributed by atoms with Crippen molar-refractivity contribution in [3.63, 3.8) is 0 Å². The summed E-state index contributed by atoms with van der Waals surface area (Å²) in [5.41, 5.74) is 1.21. The van der Waals surface area contributed by atoms with E-state index in [9.17, 15) is 9.59 Å². The Morgan fingerprint density at radius 1 is 0.923 bits per heavy atom. The first-order valence-electron chi connectivity index (χ1n) is 8.22. The lowest BCUT2D eigenvalue weighted by Gasteiger charge is -2.16. The average Bonchev–Trinajstić information content (AvgIpc) is 3.19. The molecule has 5 heteroatoms. The van der Waals surface area contributed by atoms with Gasteiger partial charge in [-0.15, -0.1) is 0 Å². The van der Waals surface area contributed by atoms with Crippen LogP contribution in [0.4, 0.5) is 0 Å². The Hall–Kier alpha value is -3.34. The van der Waals surface area contributed by atoms with Gasteiger partial charge in [0.05, 0.1) is 12.8 Å². The van der Waals surface area contributed by atoms with Crippen molar-refractivity contribution in [2.75, 3.05) is 13.7 Å². The van der Waals surface area contributed by atoms with E-state index in [-0.39, 0.29) is 18.3 Å². The minimum absolute atomic E-state index is 0.0496. The van der Waals surface area contributed by atoms with Crippen LogP contribution in [0.2, 0.25) is 0 Å². The van der Waals surface area contributed by atoms with Crippen LogP contribution in [0.3, 0.4) is 0 Å². The third-order valence-corrected chi connectivity index (χ3v) is 3.91. The third kappa shape index (κ3) is 4.39. The van der Waals surface area contributed by atoms with Gasteiger partial charge in [0.2, 0.25) is 0 Å². The topological polar surface area (TPSA) is 59.8 Å². The fourth-order valence-corrected chi connectivity index (χ4v) is 2.44. The van der Waals surface area contributed by atoms with Crippen LogP contribution in [-0.4, -0.2) is 30.2 Å². The maximum Gasteiger partial charge on any atom is 0.260 e. The number of carbonyl (C=O) groups excluding carboxylic acids is 2. The molecule has 1 heterocycles. The van der Waals surface area contributed by atoms with Crippen molar-refractivity contribution in [3.8, 4) is 5.75 Å². The van der Waals surface area contributed by atoms with Gasteiger partial charge in [-0.2, -0.15) is 0 Å². The summed E-state index contributed by atoms with van der Waals surface area (Å²) in [5, 5.41) is 0. The second-order valence-corrected chi connectivity index (χ2v) is 5.84. The minimum atomic E-state index is -0.161. The molecule has 0 bridgehead atoms. The standard InChI is InChI=1S/C21H19NO4/c1-22(14-19-8-5-13-25-19)20(23)15-26-18-11-9-17(10-12-18)21(24)16-6-3-2-4-7-16/h2-13H,14-15H2,1H3. The zero-order valence-electron chi connectivity index (χ0n) is 14.4. The number of ketones is 1. The van der Waals surface area contributed by atoms with Gasteiger partial charge in [0.15, 0.2) is 12.4 Å². The highest BCUT2D eigenvalue weighted by molar-refractivity contribution is 6.08. The molecule has 132 valence electrons. The average molecular weight is 349 g/mol. The number of rotatable bonds is 7. The van der Waals surface area contributed by atoms with Crippen LogP contribution in [0, 0.1) is 0 Å². The lowest BCUT2D eigenvalue weighted by atomic mass is 10.0. The van der Waals surface area contributed by atoms with E-state index in [0.29, 0.717) is 29.2 Å². The summed E-state index contributed by atoms with van der Waals surface area (Å²) < 4.78 is 10.7. The molecule has 0 N–H and O–H groups in total. The van der Waals surface area contributed by atoms with Gasteiger partial charge in [-0.3, -0.25) is 9.59 Å². The molecule has 0 aliphatic heterocycles. The second kappa shape index (κ2) is 8.16. The molecule has 3 rings (SSSR count). The number of ether oxygens (including phenoxy) is 1. The second-order valence-electron chi connectivity index (χ2n) is 5.84. The molecule has 0 fully saturated rings. The van der Waals surface area contributed by atoms with Crippen molar-refractivity contribution < 1.29 is 18.7 Å². The van der Waals surface area contributed by atoms with Gasteiger partial charge < -0.3 is 14.1 Å². The number of benzene rings is 2. The fraction of sp³-hybridized carbons (Fsp3) is 0.143. The van der Waals surface area contributed by atoms with Crippen molar-refractivity contribution in [2.45, 2.75) is 6.54 Å². The van der Waals surface area contributed by atoms with Crippen LogP contribution < -0.4 is 4.74 Å². The number of likely N-dealkylation sites (N-methyl/N-ethyl adjacent to an activating group) is 1. The Kier molecular flexibility index (Phi) is 5.49. The lowest BCUT2D eigenvalue weighted by Crippen LogP contribution is -2.30. The maximum absolute atomic E-state index is 12.4. The van der Waals surface area contributed by atoms with Crippen LogP contribution in [0.1, 0.15) is 21.7 Å². The summed E-state index contributed by atoms with van der Waals surface area (Å²) in [4.78, 5) is 26.0. The summed E-state index contributed by atoms with van der Waals surface area (Å²) >= 11 is 0. The third-order valence-electron chi connectivity index (χ3n) is 3.91. The largest absolute Gasteiger partial charge is 0.484 e. The number of carbonyl (C=O) groups is 2. The first kappa shape index (κ1) is 17.5. The number of hydrogen-bond donors (Lipinski definition) is 0. The van der Waals surface area contributed by atoms with Crippen LogP contribution in [0.15, 0.2) is 77.4 Å². The molecule has 3 aromatic rings. The fourth-order valence-electron chi connectivity index (χ4n) is 2.44. The Bertz CT molecular complexity index is 855. The molecule has 1 aromatic heterocycles. The first-order chi connectivity index (χ1) is 12.6. The molecule has 0 unspecified atom stereocenters. The molecule has 0 spiro atoms.